The number of pyridine rings is 1. The van der Waals surface area contributed by atoms with E-state index in [9.17, 15) is 0 Å². The van der Waals surface area contributed by atoms with E-state index in [0.717, 1.165) is 28.5 Å². The van der Waals surface area contributed by atoms with Crippen LogP contribution < -0.4 is 9.47 Å². The average Bonchev–Trinajstić information content (AvgIpc) is 2.43. The smallest absolute Gasteiger partial charge is 0.170 e. The standard InChI is InChI=1S/C16H19NO2/c1-10-9-14(17-12(3)11(10)2)13-7-6-8-15(18-4)16(13)19-5/h6-9H,1-5H3. The van der Waals surface area contributed by atoms with Gasteiger partial charge in [-0.15, -0.1) is 0 Å². The Kier molecular flexibility index (Phi) is 3.74. The number of hydrogen-bond acceptors (Lipinski definition) is 3. The van der Waals surface area contributed by atoms with Gasteiger partial charge >= 0.3 is 0 Å². The van der Waals surface area contributed by atoms with Gasteiger partial charge in [0.2, 0.25) is 0 Å². The SMILES string of the molecule is COc1cccc(-c2cc(C)c(C)c(C)n2)c1OC. The van der Waals surface area contributed by atoms with Crippen LogP contribution in [0.2, 0.25) is 0 Å². The molecule has 2 rings (SSSR count). The van der Waals surface area contributed by atoms with Crippen LogP contribution >= 0.6 is 0 Å². The number of methoxy groups -OCH3 is 2. The average molecular weight is 257 g/mol. The summed E-state index contributed by atoms with van der Waals surface area (Å²) in [4.78, 5) is 4.65. The normalized spacial score (nSPS) is 10.4. The molecule has 0 radical (unpaired) electrons. The molecular weight excluding hydrogens is 238 g/mol. The van der Waals surface area contributed by atoms with Crippen molar-refractivity contribution in [2.24, 2.45) is 0 Å². The van der Waals surface area contributed by atoms with Crippen molar-refractivity contribution >= 4 is 0 Å². The molecule has 0 amide bonds. The van der Waals surface area contributed by atoms with Gasteiger partial charge < -0.3 is 9.47 Å². The van der Waals surface area contributed by atoms with Crippen LogP contribution in [0.3, 0.4) is 0 Å². The number of rotatable bonds is 3. The molecule has 0 fully saturated rings. The molecule has 3 nitrogen and oxygen atoms in total. The minimum Gasteiger partial charge on any atom is -0.493 e. The van der Waals surface area contributed by atoms with E-state index >= 15 is 0 Å². The third kappa shape index (κ3) is 2.41. The van der Waals surface area contributed by atoms with Crippen molar-refractivity contribution in [1.29, 1.82) is 0 Å². The summed E-state index contributed by atoms with van der Waals surface area (Å²) in [6.07, 6.45) is 0. The molecule has 0 unspecified atom stereocenters. The molecule has 1 heterocycles. The Labute approximate surface area is 114 Å². The zero-order chi connectivity index (χ0) is 14.0. The van der Waals surface area contributed by atoms with Gasteiger partial charge in [-0.25, -0.2) is 0 Å². The topological polar surface area (TPSA) is 31.4 Å². The second kappa shape index (κ2) is 5.31. The monoisotopic (exact) mass is 257 g/mol. The number of ether oxygens (including phenoxy) is 2. The first-order valence-electron chi connectivity index (χ1n) is 6.24. The third-order valence-electron chi connectivity index (χ3n) is 3.45. The molecule has 0 saturated carbocycles. The highest BCUT2D eigenvalue weighted by Crippen LogP contribution is 2.37. The Morgan fingerprint density at radius 3 is 2.32 bits per heavy atom. The van der Waals surface area contributed by atoms with E-state index in [0.29, 0.717) is 0 Å². The Balaban J connectivity index is 2.65. The van der Waals surface area contributed by atoms with E-state index in [-0.39, 0.29) is 0 Å². The van der Waals surface area contributed by atoms with Crippen molar-refractivity contribution in [3.05, 3.63) is 41.1 Å². The molecule has 0 spiro atoms. The Morgan fingerprint density at radius 1 is 1.00 bits per heavy atom. The highest BCUT2D eigenvalue weighted by Gasteiger charge is 2.13. The van der Waals surface area contributed by atoms with Crippen molar-refractivity contribution in [2.45, 2.75) is 20.8 Å². The zero-order valence-electron chi connectivity index (χ0n) is 12.1. The van der Waals surface area contributed by atoms with Crippen LogP contribution in [0, 0.1) is 20.8 Å². The molecule has 1 aromatic carbocycles. The van der Waals surface area contributed by atoms with Crippen LogP contribution in [0.15, 0.2) is 24.3 Å². The van der Waals surface area contributed by atoms with Crippen LogP contribution in [0.4, 0.5) is 0 Å². The molecule has 0 aliphatic rings. The minimum absolute atomic E-state index is 0.720. The lowest BCUT2D eigenvalue weighted by Gasteiger charge is -2.14. The second-order valence-corrected chi connectivity index (χ2v) is 4.58. The summed E-state index contributed by atoms with van der Waals surface area (Å²) in [5.74, 6) is 1.44. The summed E-state index contributed by atoms with van der Waals surface area (Å²) >= 11 is 0. The van der Waals surface area contributed by atoms with E-state index in [1.165, 1.54) is 11.1 Å². The summed E-state index contributed by atoms with van der Waals surface area (Å²) < 4.78 is 10.8. The summed E-state index contributed by atoms with van der Waals surface area (Å²) in [5.41, 5.74) is 5.36. The molecular formula is C16H19NO2. The molecule has 0 atom stereocenters. The number of aromatic nitrogens is 1. The van der Waals surface area contributed by atoms with Gasteiger partial charge in [0.25, 0.3) is 0 Å². The Hall–Kier alpha value is -2.03. The van der Waals surface area contributed by atoms with E-state index < -0.39 is 0 Å². The Morgan fingerprint density at radius 2 is 1.74 bits per heavy atom. The third-order valence-corrected chi connectivity index (χ3v) is 3.45. The van der Waals surface area contributed by atoms with Crippen LogP contribution in [0.5, 0.6) is 11.5 Å². The largest absolute Gasteiger partial charge is 0.493 e. The number of hydrogen-bond donors (Lipinski definition) is 0. The molecule has 0 aliphatic carbocycles. The first-order chi connectivity index (χ1) is 9.08. The first-order valence-corrected chi connectivity index (χ1v) is 6.24. The lowest BCUT2D eigenvalue weighted by atomic mass is 10.0. The summed E-state index contributed by atoms with van der Waals surface area (Å²) in [6.45, 7) is 6.21. The zero-order valence-corrected chi connectivity index (χ0v) is 12.1. The van der Waals surface area contributed by atoms with Crippen molar-refractivity contribution < 1.29 is 9.47 Å². The minimum atomic E-state index is 0.720. The quantitative estimate of drug-likeness (QED) is 0.840. The van der Waals surface area contributed by atoms with E-state index in [1.807, 2.05) is 25.1 Å². The van der Waals surface area contributed by atoms with Gasteiger partial charge in [0.05, 0.1) is 19.9 Å². The van der Waals surface area contributed by atoms with Gasteiger partial charge in [0.1, 0.15) is 0 Å². The van der Waals surface area contributed by atoms with E-state index in [4.69, 9.17) is 9.47 Å². The molecule has 0 bridgehead atoms. The lowest BCUT2D eigenvalue weighted by Crippen LogP contribution is -1.97. The van der Waals surface area contributed by atoms with Gasteiger partial charge in [0, 0.05) is 11.3 Å². The maximum absolute atomic E-state index is 5.47. The fraction of sp³-hybridized carbons (Fsp3) is 0.312. The molecule has 0 aliphatic heterocycles. The first kappa shape index (κ1) is 13.4. The number of aryl methyl sites for hydroxylation is 2. The van der Waals surface area contributed by atoms with Crippen molar-refractivity contribution in [3.8, 4) is 22.8 Å². The predicted octanol–water partition coefficient (Wildman–Crippen LogP) is 3.69. The van der Waals surface area contributed by atoms with Crippen LogP contribution in [0.25, 0.3) is 11.3 Å². The maximum Gasteiger partial charge on any atom is 0.170 e. The van der Waals surface area contributed by atoms with Gasteiger partial charge in [0.15, 0.2) is 11.5 Å². The molecule has 3 heteroatoms. The molecule has 100 valence electrons. The van der Waals surface area contributed by atoms with Gasteiger partial charge in [-0.1, -0.05) is 6.07 Å². The van der Waals surface area contributed by atoms with Crippen LogP contribution in [-0.2, 0) is 0 Å². The highest BCUT2D eigenvalue weighted by atomic mass is 16.5. The fourth-order valence-corrected chi connectivity index (χ4v) is 2.12. The number of para-hydroxylation sites is 1. The van der Waals surface area contributed by atoms with Gasteiger partial charge in [-0.3, -0.25) is 4.98 Å². The molecule has 2 aromatic rings. The van der Waals surface area contributed by atoms with E-state index in [2.05, 4.69) is 24.9 Å². The van der Waals surface area contributed by atoms with Crippen LogP contribution in [-0.4, -0.2) is 19.2 Å². The number of benzene rings is 1. The van der Waals surface area contributed by atoms with Gasteiger partial charge in [-0.2, -0.15) is 0 Å². The highest BCUT2D eigenvalue weighted by molar-refractivity contribution is 5.72. The molecule has 1 aromatic heterocycles. The molecule has 0 saturated heterocycles. The van der Waals surface area contributed by atoms with Crippen molar-refractivity contribution in [3.63, 3.8) is 0 Å². The van der Waals surface area contributed by atoms with Crippen molar-refractivity contribution in [1.82, 2.24) is 4.98 Å². The predicted molar refractivity (Wildman–Crippen MR) is 77.0 cm³/mol. The summed E-state index contributed by atoms with van der Waals surface area (Å²) in [5, 5.41) is 0. The number of nitrogens with zero attached hydrogens (tertiary/aromatic N) is 1. The second-order valence-electron chi connectivity index (χ2n) is 4.58. The van der Waals surface area contributed by atoms with Gasteiger partial charge in [-0.05, 0) is 50.1 Å². The summed E-state index contributed by atoms with van der Waals surface area (Å²) in [7, 11) is 3.29. The fourth-order valence-electron chi connectivity index (χ4n) is 2.12. The van der Waals surface area contributed by atoms with Crippen molar-refractivity contribution in [2.75, 3.05) is 14.2 Å². The maximum atomic E-state index is 5.47. The Bertz CT molecular complexity index is 583. The van der Waals surface area contributed by atoms with Crippen LogP contribution in [0.1, 0.15) is 16.8 Å². The lowest BCUT2D eigenvalue weighted by molar-refractivity contribution is 0.356. The summed E-state index contributed by atoms with van der Waals surface area (Å²) in [6, 6.07) is 7.91. The molecule has 19 heavy (non-hydrogen) atoms. The molecule has 0 N–H and O–H groups in total. The van der Waals surface area contributed by atoms with E-state index in [1.54, 1.807) is 14.2 Å².